The van der Waals surface area contributed by atoms with E-state index in [1.54, 1.807) is 18.2 Å². The van der Waals surface area contributed by atoms with Crippen molar-refractivity contribution in [3.8, 4) is 11.8 Å². The van der Waals surface area contributed by atoms with Gasteiger partial charge >= 0.3 is 0 Å². The number of thiocarbonyl (C=S) groups is 1. The molecule has 2 N–H and O–H groups in total. The summed E-state index contributed by atoms with van der Waals surface area (Å²) in [6.45, 7) is 5.60. The highest BCUT2D eigenvalue weighted by Gasteiger charge is 2.43. The van der Waals surface area contributed by atoms with Crippen LogP contribution in [0.2, 0.25) is 0 Å². The topological polar surface area (TPSA) is 68.5 Å². The van der Waals surface area contributed by atoms with Gasteiger partial charge in [0.1, 0.15) is 17.5 Å². The fourth-order valence-corrected chi connectivity index (χ4v) is 3.48. The van der Waals surface area contributed by atoms with Gasteiger partial charge in [-0.25, -0.2) is 0 Å². The lowest BCUT2D eigenvalue weighted by Gasteiger charge is -2.43. The van der Waals surface area contributed by atoms with Crippen molar-refractivity contribution in [2.45, 2.75) is 44.4 Å². The molecule has 122 valence electrons. The number of hydrogen-bond donors (Lipinski definition) is 2. The van der Waals surface area contributed by atoms with Crippen molar-refractivity contribution in [1.29, 1.82) is 5.26 Å². The predicted molar refractivity (Wildman–Crippen MR) is 91.2 cm³/mol. The lowest BCUT2D eigenvalue weighted by Crippen LogP contribution is -2.55. The van der Waals surface area contributed by atoms with Crippen LogP contribution in [0.3, 0.4) is 0 Å². The first-order valence-corrected chi connectivity index (χ1v) is 8.30. The van der Waals surface area contributed by atoms with E-state index in [1.165, 1.54) is 0 Å². The van der Waals surface area contributed by atoms with Gasteiger partial charge in [-0.15, -0.1) is 0 Å². The minimum Gasteiger partial charge on any atom is -0.485 e. The van der Waals surface area contributed by atoms with E-state index < -0.39 is 17.7 Å². The molecule has 0 aliphatic carbocycles. The van der Waals surface area contributed by atoms with Crippen molar-refractivity contribution in [3.63, 3.8) is 0 Å². The maximum absolute atomic E-state index is 10.8. The highest BCUT2D eigenvalue weighted by Crippen LogP contribution is 2.40. The fraction of sp³-hybridized carbons (Fsp3) is 0.529. The van der Waals surface area contributed by atoms with Gasteiger partial charge in [-0.1, -0.05) is 0 Å². The first-order valence-electron chi connectivity index (χ1n) is 7.89. The Balaban J connectivity index is 1.93. The fourth-order valence-electron chi connectivity index (χ4n) is 3.17. The highest BCUT2D eigenvalue weighted by molar-refractivity contribution is 7.80. The molecule has 6 heteroatoms. The Morgan fingerprint density at radius 1 is 1.43 bits per heavy atom. The van der Waals surface area contributed by atoms with Crippen LogP contribution >= 0.6 is 12.2 Å². The quantitative estimate of drug-likeness (QED) is 0.768. The van der Waals surface area contributed by atoms with Gasteiger partial charge in [-0.3, -0.25) is 0 Å². The van der Waals surface area contributed by atoms with Crippen LogP contribution in [-0.2, 0) is 0 Å². The van der Waals surface area contributed by atoms with Crippen LogP contribution < -0.4 is 10.1 Å². The number of aliphatic hydroxyl groups is 1. The van der Waals surface area contributed by atoms with Crippen molar-refractivity contribution >= 4 is 17.3 Å². The van der Waals surface area contributed by atoms with Gasteiger partial charge in [0.05, 0.1) is 17.7 Å². The lowest BCUT2D eigenvalue weighted by atomic mass is 9.86. The van der Waals surface area contributed by atoms with Gasteiger partial charge in [0.25, 0.3) is 0 Å². The Morgan fingerprint density at radius 3 is 2.78 bits per heavy atom. The number of fused-ring (bicyclic) bond motifs is 1. The summed E-state index contributed by atoms with van der Waals surface area (Å²) >= 11 is 5.51. The summed E-state index contributed by atoms with van der Waals surface area (Å²) in [6.07, 6.45) is 1.50. The van der Waals surface area contributed by atoms with Crippen molar-refractivity contribution in [2.24, 2.45) is 0 Å². The molecule has 2 aliphatic heterocycles. The number of ether oxygens (including phenoxy) is 1. The Hall–Kier alpha value is -1.84. The van der Waals surface area contributed by atoms with E-state index in [4.69, 9.17) is 22.2 Å². The average Bonchev–Trinajstić information content (AvgIpc) is 3.05. The summed E-state index contributed by atoms with van der Waals surface area (Å²) in [5, 5.41) is 23.8. The number of benzene rings is 1. The normalized spacial score (nSPS) is 25.2. The van der Waals surface area contributed by atoms with E-state index in [1.807, 2.05) is 13.8 Å². The molecule has 2 atom stereocenters. The van der Waals surface area contributed by atoms with Crippen LogP contribution in [0.5, 0.6) is 5.75 Å². The first kappa shape index (κ1) is 16.0. The molecule has 0 radical (unpaired) electrons. The predicted octanol–water partition coefficient (Wildman–Crippen LogP) is 2.10. The van der Waals surface area contributed by atoms with Crippen molar-refractivity contribution in [3.05, 3.63) is 29.3 Å². The second-order valence-corrected chi connectivity index (χ2v) is 7.02. The number of aliphatic hydroxyl groups excluding tert-OH is 1. The molecule has 0 spiro atoms. The van der Waals surface area contributed by atoms with Crippen molar-refractivity contribution in [2.75, 3.05) is 13.1 Å². The minimum atomic E-state index is -0.774. The van der Waals surface area contributed by atoms with Crippen LogP contribution in [0.15, 0.2) is 18.2 Å². The van der Waals surface area contributed by atoms with Gasteiger partial charge < -0.3 is 20.1 Å². The van der Waals surface area contributed by atoms with Gasteiger partial charge in [-0.05, 0) is 57.1 Å². The molecule has 1 saturated heterocycles. The van der Waals surface area contributed by atoms with Crippen LogP contribution in [0.25, 0.3) is 0 Å². The van der Waals surface area contributed by atoms with Gasteiger partial charge in [0.2, 0.25) is 0 Å². The third-order valence-corrected chi connectivity index (χ3v) is 4.92. The Labute approximate surface area is 141 Å². The number of hydrogen-bond acceptors (Lipinski definition) is 4. The number of nitriles is 1. The zero-order valence-corrected chi connectivity index (χ0v) is 14.2. The molecule has 1 fully saturated rings. The molecule has 0 bridgehead atoms. The standard InChI is InChI=1S/C17H21N3O2S/c1-17(2)15(21)14(19-16(23)20-7-3-4-8-20)12-9-11(10-18)5-6-13(12)22-17/h5-6,9,14-15,21H,3-4,7-8H2,1-2H3,(H,19,23)/t14-,15+/m1/s1. The number of nitrogens with zero attached hydrogens (tertiary/aromatic N) is 2. The zero-order valence-electron chi connectivity index (χ0n) is 13.4. The molecule has 23 heavy (non-hydrogen) atoms. The molecule has 1 aromatic rings. The summed E-state index contributed by atoms with van der Waals surface area (Å²) in [5.41, 5.74) is 0.579. The van der Waals surface area contributed by atoms with E-state index >= 15 is 0 Å². The summed E-state index contributed by atoms with van der Waals surface area (Å²) in [5.74, 6) is 0.682. The summed E-state index contributed by atoms with van der Waals surface area (Å²) in [7, 11) is 0. The first-order chi connectivity index (χ1) is 10.9. The Morgan fingerprint density at radius 2 is 2.13 bits per heavy atom. The van der Waals surface area contributed by atoms with Crippen LogP contribution in [-0.4, -0.2) is 39.9 Å². The Kier molecular flexibility index (Phi) is 4.17. The van der Waals surface area contributed by atoms with E-state index in [2.05, 4.69) is 16.3 Å². The number of likely N-dealkylation sites (tertiary alicyclic amines) is 1. The molecule has 1 aromatic carbocycles. The van der Waals surface area contributed by atoms with E-state index in [9.17, 15) is 5.11 Å². The molecule has 0 amide bonds. The smallest absolute Gasteiger partial charge is 0.169 e. The molecule has 2 aliphatic rings. The van der Waals surface area contributed by atoms with Crippen molar-refractivity contribution < 1.29 is 9.84 Å². The molecule has 0 aromatic heterocycles. The second kappa shape index (κ2) is 5.99. The van der Waals surface area contributed by atoms with Crippen LogP contribution in [0.1, 0.15) is 43.9 Å². The lowest BCUT2D eigenvalue weighted by molar-refractivity contribution is -0.0613. The average molecular weight is 331 g/mol. The van der Waals surface area contributed by atoms with E-state index in [0.29, 0.717) is 16.4 Å². The van der Waals surface area contributed by atoms with Crippen LogP contribution in [0, 0.1) is 11.3 Å². The Bertz CT molecular complexity index is 662. The third-order valence-electron chi connectivity index (χ3n) is 4.55. The summed E-state index contributed by atoms with van der Waals surface area (Å²) in [4.78, 5) is 2.12. The van der Waals surface area contributed by atoms with Gasteiger partial charge in [-0.2, -0.15) is 5.26 Å². The number of rotatable bonds is 1. The second-order valence-electron chi connectivity index (χ2n) is 6.64. The number of nitrogens with one attached hydrogen (secondary N) is 1. The van der Waals surface area contributed by atoms with Gasteiger partial charge in [0, 0.05) is 18.7 Å². The highest BCUT2D eigenvalue weighted by atomic mass is 32.1. The van der Waals surface area contributed by atoms with Gasteiger partial charge in [0.15, 0.2) is 5.11 Å². The molecule has 3 rings (SSSR count). The summed E-state index contributed by atoms with van der Waals surface area (Å²) < 4.78 is 5.91. The molecular weight excluding hydrogens is 310 g/mol. The summed E-state index contributed by atoms with van der Waals surface area (Å²) in [6, 6.07) is 7.01. The molecule has 5 nitrogen and oxygen atoms in total. The van der Waals surface area contributed by atoms with E-state index in [0.717, 1.165) is 31.5 Å². The largest absolute Gasteiger partial charge is 0.485 e. The zero-order chi connectivity index (χ0) is 16.6. The van der Waals surface area contributed by atoms with Crippen LogP contribution in [0.4, 0.5) is 0 Å². The molecule has 0 saturated carbocycles. The monoisotopic (exact) mass is 331 g/mol. The van der Waals surface area contributed by atoms with Crippen molar-refractivity contribution in [1.82, 2.24) is 10.2 Å². The molecular formula is C17H21N3O2S. The maximum Gasteiger partial charge on any atom is 0.169 e. The third kappa shape index (κ3) is 2.99. The molecule has 0 unspecified atom stereocenters. The van der Waals surface area contributed by atoms with E-state index in [-0.39, 0.29) is 0 Å². The molecule has 2 heterocycles. The minimum absolute atomic E-state index is 0.393. The SMILES string of the molecule is CC1(C)Oc2ccc(C#N)cc2[C@@H](NC(=S)N2CCCC2)[C@@H]1O. The maximum atomic E-state index is 10.8.